The van der Waals surface area contributed by atoms with Gasteiger partial charge < -0.3 is 20.3 Å². The van der Waals surface area contributed by atoms with E-state index in [-0.39, 0.29) is 41.4 Å². The largest absolute Gasteiger partial charge is 0.490 e. The minimum absolute atomic E-state index is 0. The molecule has 1 heterocycles. The average molecular weight is 401 g/mol. The van der Waals surface area contributed by atoms with E-state index in [1.165, 1.54) is 12.1 Å². The molecule has 0 spiro atoms. The Labute approximate surface area is 161 Å². The van der Waals surface area contributed by atoms with Crippen molar-refractivity contribution in [1.82, 2.24) is 5.32 Å². The van der Waals surface area contributed by atoms with Gasteiger partial charge in [0.25, 0.3) is 5.69 Å². The molecule has 148 valence electrons. The van der Waals surface area contributed by atoms with Gasteiger partial charge in [-0.25, -0.2) is 4.79 Å². The highest BCUT2D eigenvalue weighted by Gasteiger charge is 2.38. The Kier molecular flexibility index (Phi) is 6.61. The third-order valence-corrected chi connectivity index (χ3v) is 5.25. The van der Waals surface area contributed by atoms with Crippen LogP contribution in [0.4, 0.5) is 5.69 Å². The number of non-ortho nitro benzene ring substituents is 1. The lowest BCUT2D eigenvalue weighted by atomic mass is 9.72. The first kappa shape index (κ1) is 20.9. The second kappa shape index (κ2) is 8.53. The summed E-state index contributed by atoms with van der Waals surface area (Å²) in [4.78, 5) is 32.8. The summed E-state index contributed by atoms with van der Waals surface area (Å²) in [7, 11) is 0. The lowest BCUT2D eigenvalue weighted by Crippen LogP contribution is -2.50. The minimum Gasteiger partial charge on any atom is -0.490 e. The topological polar surface area (TPSA) is 139 Å². The normalized spacial score (nSPS) is 27.0. The van der Waals surface area contributed by atoms with Gasteiger partial charge in [-0.15, -0.1) is 12.4 Å². The molecule has 3 N–H and O–H groups in total. The molecule has 3 rings (SSSR count). The Hall–Kier alpha value is -2.39. The first-order chi connectivity index (χ1) is 12.3. The van der Waals surface area contributed by atoms with Crippen molar-refractivity contribution in [3.63, 3.8) is 0 Å². The Bertz CT molecular complexity index is 742. The predicted molar refractivity (Wildman–Crippen MR) is 96.6 cm³/mol. The molecule has 2 fully saturated rings. The number of nitrogens with zero attached hydrogens (tertiary/aromatic N) is 1. The molecule has 1 aliphatic carbocycles. The van der Waals surface area contributed by atoms with Crippen molar-refractivity contribution in [2.45, 2.75) is 37.8 Å². The second-order valence-corrected chi connectivity index (χ2v) is 6.85. The summed E-state index contributed by atoms with van der Waals surface area (Å²) in [6.07, 6.45) is 2.53. The van der Waals surface area contributed by atoms with E-state index in [1.807, 2.05) is 0 Å². The van der Waals surface area contributed by atoms with Crippen LogP contribution in [0.15, 0.2) is 18.2 Å². The summed E-state index contributed by atoms with van der Waals surface area (Å²) in [6, 6.07) is 2.96. The summed E-state index contributed by atoms with van der Waals surface area (Å²) in [6.45, 7) is 0.659. The summed E-state index contributed by atoms with van der Waals surface area (Å²) >= 11 is 0. The number of carboxylic acid groups (broad SMARTS) is 2. The minimum atomic E-state index is -1.29. The van der Waals surface area contributed by atoms with Crippen LogP contribution in [0.5, 0.6) is 5.75 Å². The van der Waals surface area contributed by atoms with E-state index in [0.29, 0.717) is 25.3 Å². The molecule has 1 saturated carbocycles. The molecular weight excluding hydrogens is 380 g/mol. The molecular formula is C17H21ClN2O7. The van der Waals surface area contributed by atoms with E-state index >= 15 is 0 Å². The zero-order valence-electron chi connectivity index (χ0n) is 14.4. The Morgan fingerprint density at radius 2 is 1.93 bits per heavy atom. The van der Waals surface area contributed by atoms with E-state index < -0.39 is 22.9 Å². The van der Waals surface area contributed by atoms with Gasteiger partial charge in [0, 0.05) is 12.1 Å². The van der Waals surface area contributed by atoms with Gasteiger partial charge in [-0.1, -0.05) is 0 Å². The fraction of sp³-hybridized carbons (Fsp3) is 0.529. The highest BCUT2D eigenvalue weighted by Crippen LogP contribution is 2.38. The maximum atomic E-state index is 11.4. The van der Waals surface area contributed by atoms with E-state index in [2.05, 4.69) is 5.32 Å². The third kappa shape index (κ3) is 4.67. The number of carboxylic acids is 2. The SMILES string of the molecule is Cl.O=C(O)c1cc([N+](=O)[O-])ccc1O[C@H]1CC[C@H]2CN[C@H](C(=O)O)C[C@@H]2C1. The second-order valence-electron chi connectivity index (χ2n) is 6.85. The quantitative estimate of drug-likeness (QED) is 0.505. The van der Waals surface area contributed by atoms with E-state index in [4.69, 9.17) is 4.74 Å². The van der Waals surface area contributed by atoms with Gasteiger partial charge in [-0.05, 0) is 50.1 Å². The molecule has 4 atom stereocenters. The number of aromatic carboxylic acids is 1. The zero-order valence-corrected chi connectivity index (χ0v) is 15.2. The van der Waals surface area contributed by atoms with Gasteiger partial charge in [0.05, 0.1) is 11.0 Å². The van der Waals surface area contributed by atoms with Crippen molar-refractivity contribution in [3.8, 4) is 5.75 Å². The Morgan fingerprint density at radius 1 is 1.19 bits per heavy atom. The van der Waals surface area contributed by atoms with Crippen molar-refractivity contribution in [2.75, 3.05) is 6.54 Å². The van der Waals surface area contributed by atoms with Crippen LogP contribution in [0.2, 0.25) is 0 Å². The van der Waals surface area contributed by atoms with Crippen molar-refractivity contribution in [3.05, 3.63) is 33.9 Å². The standard InChI is InChI=1S/C17H20N2O7.ClH/c20-16(21)13-7-11(19(24)25)2-4-15(13)26-12-3-1-9-8-18-14(17(22)23)6-10(9)5-12;/h2,4,7,9-10,12,14,18H,1,3,5-6,8H2,(H,20,21)(H,22,23);1H/t9-,10-,12-,14-;/m0./s1. The molecule has 0 unspecified atom stereocenters. The predicted octanol–water partition coefficient (Wildman–Crippen LogP) is 2.33. The number of nitro groups is 1. The summed E-state index contributed by atoms with van der Waals surface area (Å²) in [5, 5.41) is 32.4. The van der Waals surface area contributed by atoms with Gasteiger partial charge >= 0.3 is 11.9 Å². The average Bonchev–Trinajstić information content (AvgIpc) is 2.61. The lowest BCUT2D eigenvalue weighted by molar-refractivity contribution is -0.384. The highest BCUT2D eigenvalue weighted by molar-refractivity contribution is 5.91. The van der Waals surface area contributed by atoms with Crippen molar-refractivity contribution >= 4 is 30.0 Å². The number of ether oxygens (including phenoxy) is 1. The number of nitro benzene ring substituents is 1. The number of hydrogen-bond donors (Lipinski definition) is 3. The van der Waals surface area contributed by atoms with Crippen molar-refractivity contribution in [2.24, 2.45) is 11.8 Å². The molecule has 0 radical (unpaired) electrons. The first-order valence-electron chi connectivity index (χ1n) is 8.49. The van der Waals surface area contributed by atoms with Crippen LogP contribution in [0.1, 0.15) is 36.0 Å². The fourth-order valence-corrected chi connectivity index (χ4v) is 3.90. The molecule has 1 aromatic carbocycles. The summed E-state index contributed by atoms with van der Waals surface area (Å²) in [5.41, 5.74) is -0.545. The highest BCUT2D eigenvalue weighted by atomic mass is 35.5. The van der Waals surface area contributed by atoms with Gasteiger partial charge in [0.2, 0.25) is 0 Å². The van der Waals surface area contributed by atoms with E-state index in [1.54, 1.807) is 0 Å². The van der Waals surface area contributed by atoms with Crippen LogP contribution in [-0.2, 0) is 4.79 Å². The number of piperidine rings is 1. The molecule has 1 saturated heterocycles. The van der Waals surface area contributed by atoms with Crippen LogP contribution < -0.4 is 10.1 Å². The zero-order chi connectivity index (χ0) is 18.8. The first-order valence-corrected chi connectivity index (χ1v) is 8.49. The van der Waals surface area contributed by atoms with Crippen LogP contribution >= 0.6 is 12.4 Å². The van der Waals surface area contributed by atoms with Crippen molar-refractivity contribution < 1.29 is 29.5 Å². The van der Waals surface area contributed by atoms with Gasteiger partial charge in [0.15, 0.2) is 0 Å². The smallest absolute Gasteiger partial charge is 0.339 e. The third-order valence-electron chi connectivity index (χ3n) is 5.25. The summed E-state index contributed by atoms with van der Waals surface area (Å²) in [5.74, 6) is -1.46. The molecule has 0 bridgehead atoms. The number of benzene rings is 1. The van der Waals surface area contributed by atoms with E-state index in [9.17, 15) is 29.9 Å². The number of hydrogen-bond acceptors (Lipinski definition) is 6. The number of nitrogens with one attached hydrogen (secondary N) is 1. The molecule has 27 heavy (non-hydrogen) atoms. The van der Waals surface area contributed by atoms with E-state index in [0.717, 1.165) is 18.9 Å². The molecule has 9 nitrogen and oxygen atoms in total. The Morgan fingerprint density at radius 3 is 2.56 bits per heavy atom. The van der Waals surface area contributed by atoms with Crippen molar-refractivity contribution in [1.29, 1.82) is 0 Å². The van der Waals surface area contributed by atoms with Gasteiger partial charge in [-0.2, -0.15) is 0 Å². The number of rotatable bonds is 5. The van der Waals surface area contributed by atoms with Crippen LogP contribution in [0.25, 0.3) is 0 Å². The monoisotopic (exact) mass is 400 g/mol. The maximum Gasteiger partial charge on any atom is 0.339 e. The molecule has 1 aliphatic heterocycles. The molecule has 0 amide bonds. The van der Waals surface area contributed by atoms with Gasteiger partial charge in [-0.3, -0.25) is 14.9 Å². The number of aliphatic carboxylic acids is 1. The number of carbonyl (C=O) groups is 2. The number of fused-ring (bicyclic) bond motifs is 1. The number of halogens is 1. The Balaban J connectivity index is 0.00000261. The molecule has 0 aromatic heterocycles. The van der Waals surface area contributed by atoms with Crippen LogP contribution in [0, 0.1) is 22.0 Å². The van der Waals surface area contributed by atoms with Crippen LogP contribution in [-0.4, -0.2) is 45.8 Å². The lowest BCUT2D eigenvalue weighted by Gasteiger charge is -2.41. The molecule has 2 aliphatic rings. The molecule has 10 heteroatoms. The fourth-order valence-electron chi connectivity index (χ4n) is 3.90. The maximum absolute atomic E-state index is 11.4. The summed E-state index contributed by atoms with van der Waals surface area (Å²) < 4.78 is 5.86. The van der Waals surface area contributed by atoms with Gasteiger partial charge in [0.1, 0.15) is 17.4 Å². The molecule has 1 aromatic rings. The van der Waals surface area contributed by atoms with Crippen LogP contribution in [0.3, 0.4) is 0 Å².